The van der Waals surface area contributed by atoms with Gasteiger partial charge in [0.15, 0.2) is 0 Å². The first-order valence-electron chi connectivity index (χ1n) is 6.89. The van der Waals surface area contributed by atoms with Crippen LogP contribution in [0.3, 0.4) is 0 Å². The number of rotatable bonds is 5. The Morgan fingerprint density at radius 1 is 1.11 bits per heavy atom. The molecule has 2 heteroatoms. The van der Waals surface area contributed by atoms with Gasteiger partial charge in [-0.3, -0.25) is 4.99 Å². The monoisotopic (exact) mass is 271 g/mol. The van der Waals surface area contributed by atoms with E-state index in [1.165, 1.54) is 40.1 Å². The number of unbranched alkanes of at least 4 members (excludes halogenated alkanes) is 1. The summed E-state index contributed by atoms with van der Waals surface area (Å²) in [5, 5.41) is 0. The minimum absolute atomic E-state index is 1.10. The van der Waals surface area contributed by atoms with Crippen molar-refractivity contribution in [2.24, 2.45) is 4.99 Å². The molecule has 0 saturated carbocycles. The molecule has 0 fully saturated rings. The first-order valence-corrected chi connectivity index (χ1v) is 7.71. The van der Waals surface area contributed by atoms with Crippen LogP contribution in [-0.2, 0) is 6.42 Å². The molecular weight excluding hydrogens is 250 g/mol. The fraction of sp³-hybridized carbons (Fsp3) is 0.353. The summed E-state index contributed by atoms with van der Waals surface area (Å²) in [6.07, 6.45) is 5.71. The van der Waals surface area contributed by atoms with Crippen LogP contribution < -0.4 is 0 Å². The molecular formula is C17H21NS. The Labute approximate surface area is 120 Å². The second-order valence-electron chi connectivity index (χ2n) is 4.91. The Morgan fingerprint density at radius 3 is 2.53 bits per heavy atom. The molecule has 0 aliphatic heterocycles. The Bertz CT molecular complexity index is 546. The molecule has 1 aromatic carbocycles. The highest BCUT2D eigenvalue weighted by atomic mass is 32.1. The molecule has 1 aromatic heterocycles. The molecule has 0 aliphatic carbocycles. The molecule has 0 unspecified atom stereocenters. The highest BCUT2D eigenvalue weighted by Gasteiger charge is 2.00. The Kier molecular flexibility index (Phi) is 4.92. The minimum Gasteiger partial charge on any atom is -0.255 e. The lowest BCUT2D eigenvalue weighted by Gasteiger charge is -2.02. The predicted molar refractivity (Wildman–Crippen MR) is 86.1 cm³/mol. The lowest BCUT2D eigenvalue weighted by molar-refractivity contribution is 0.804. The van der Waals surface area contributed by atoms with Gasteiger partial charge in [0, 0.05) is 16.0 Å². The average Bonchev–Trinajstić information content (AvgIpc) is 2.84. The molecule has 0 N–H and O–H groups in total. The molecule has 0 aliphatic rings. The zero-order chi connectivity index (χ0) is 13.7. The number of benzene rings is 1. The van der Waals surface area contributed by atoms with Gasteiger partial charge in [-0.1, -0.05) is 31.5 Å². The van der Waals surface area contributed by atoms with Gasteiger partial charge in [-0.2, -0.15) is 0 Å². The molecule has 0 spiro atoms. The van der Waals surface area contributed by atoms with Gasteiger partial charge in [0.05, 0.1) is 5.69 Å². The zero-order valence-electron chi connectivity index (χ0n) is 11.9. The standard InChI is InChI=1S/C17H21NS/c1-4-5-9-15-10-11-16(19-15)12-18-17-13(2)7-6-8-14(17)3/h6-8,10-12H,4-5,9H2,1-3H3. The van der Waals surface area contributed by atoms with E-state index in [1.807, 2.05) is 17.6 Å². The van der Waals surface area contributed by atoms with E-state index in [0.717, 1.165) is 5.69 Å². The third kappa shape index (κ3) is 3.77. The number of nitrogens with zero attached hydrogens (tertiary/aromatic N) is 1. The van der Waals surface area contributed by atoms with Crippen molar-refractivity contribution in [2.45, 2.75) is 40.0 Å². The van der Waals surface area contributed by atoms with E-state index < -0.39 is 0 Å². The van der Waals surface area contributed by atoms with Gasteiger partial charge in [-0.15, -0.1) is 11.3 Å². The van der Waals surface area contributed by atoms with Crippen LogP contribution in [0.4, 0.5) is 5.69 Å². The van der Waals surface area contributed by atoms with Gasteiger partial charge in [0.1, 0.15) is 0 Å². The van der Waals surface area contributed by atoms with Crippen molar-refractivity contribution >= 4 is 23.2 Å². The summed E-state index contributed by atoms with van der Waals surface area (Å²) in [5.74, 6) is 0. The zero-order valence-corrected chi connectivity index (χ0v) is 12.8. The molecule has 0 atom stereocenters. The van der Waals surface area contributed by atoms with Crippen molar-refractivity contribution in [3.8, 4) is 0 Å². The molecule has 100 valence electrons. The van der Waals surface area contributed by atoms with Gasteiger partial charge in [0.2, 0.25) is 0 Å². The number of para-hydroxylation sites is 1. The van der Waals surface area contributed by atoms with Crippen LogP contribution in [0.25, 0.3) is 0 Å². The summed E-state index contributed by atoms with van der Waals surface area (Å²) in [6.45, 7) is 6.46. The van der Waals surface area contributed by atoms with Crippen LogP contribution in [0.2, 0.25) is 0 Å². The Balaban J connectivity index is 2.12. The smallest absolute Gasteiger partial charge is 0.0688 e. The van der Waals surface area contributed by atoms with Crippen molar-refractivity contribution < 1.29 is 0 Å². The van der Waals surface area contributed by atoms with Crippen LogP contribution in [0, 0.1) is 13.8 Å². The highest BCUT2D eigenvalue weighted by Crippen LogP contribution is 2.24. The fourth-order valence-corrected chi connectivity index (χ4v) is 3.01. The second-order valence-corrected chi connectivity index (χ2v) is 6.11. The van der Waals surface area contributed by atoms with Gasteiger partial charge in [-0.05, 0) is 49.9 Å². The molecule has 2 rings (SSSR count). The number of aliphatic imine (C=N–C) groups is 1. The molecule has 0 bridgehead atoms. The summed E-state index contributed by atoms with van der Waals surface area (Å²) in [6, 6.07) is 10.7. The van der Waals surface area contributed by atoms with Crippen LogP contribution in [0.5, 0.6) is 0 Å². The van der Waals surface area contributed by atoms with E-state index in [2.05, 4.69) is 56.1 Å². The van der Waals surface area contributed by atoms with E-state index in [9.17, 15) is 0 Å². The first kappa shape index (κ1) is 14.0. The van der Waals surface area contributed by atoms with E-state index in [0.29, 0.717) is 0 Å². The van der Waals surface area contributed by atoms with E-state index in [4.69, 9.17) is 0 Å². The quantitative estimate of drug-likeness (QED) is 0.640. The van der Waals surface area contributed by atoms with Crippen molar-refractivity contribution in [2.75, 3.05) is 0 Å². The van der Waals surface area contributed by atoms with Crippen LogP contribution in [0.1, 0.15) is 40.6 Å². The van der Waals surface area contributed by atoms with Crippen molar-refractivity contribution in [3.63, 3.8) is 0 Å². The molecule has 2 aromatic rings. The predicted octanol–water partition coefficient (Wildman–Crippen LogP) is 5.46. The van der Waals surface area contributed by atoms with Gasteiger partial charge in [-0.25, -0.2) is 0 Å². The normalized spacial score (nSPS) is 11.3. The van der Waals surface area contributed by atoms with Gasteiger partial charge < -0.3 is 0 Å². The van der Waals surface area contributed by atoms with E-state index in [1.54, 1.807) is 0 Å². The molecule has 0 amide bonds. The number of hydrogen-bond donors (Lipinski definition) is 0. The third-order valence-electron chi connectivity index (χ3n) is 3.22. The maximum atomic E-state index is 4.65. The summed E-state index contributed by atoms with van der Waals surface area (Å²) < 4.78 is 0. The lowest BCUT2D eigenvalue weighted by atomic mass is 10.1. The number of thiophene rings is 1. The molecule has 1 heterocycles. The average molecular weight is 271 g/mol. The number of hydrogen-bond acceptors (Lipinski definition) is 2. The minimum atomic E-state index is 1.10. The maximum Gasteiger partial charge on any atom is 0.0688 e. The second kappa shape index (κ2) is 6.67. The molecule has 1 nitrogen and oxygen atoms in total. The molecule has 0 radical (unpaired) electrons. The van der Waals surface area contributed by atoms with Crippen LogP contribution in [0.15, 0.2) is 35.3 Å². The van der Waals surface area contributed by atoms with E-state index >= 15 is 0 Å². The van der Waals surface area contributed by atoms with Crippen molar-refractivity contribution in [1.29, 1.82) is 0 Å². The Hall–Kier alpha value is -1.41. The molecule has 19 heavy (non-hydrogen) atoms. The number of aryl methyl sites for hydroxylation is 3. The van der Waals surface area contributed by atoms with E-state index in [-0.39, 0.29) is 0 Å². The maximum absolute atomic E-state index is 4.65. The summed E-state index contributed by atoms with van der Waals surface area (Å²) in [7, 11) is 0. The molecule has 0 saturated heterocycles. The van der Waals surface area contributed by atoms with Crippen LogP contribution in [-0.4, -0.2) is 6.21 Å². The summed E-state index contributed by atoms with van der Waals surface area (Å²) in [4.78, 5) is 7.36. The van der Waals surface area contributed by atoms with Gasteiger partial charge in [0.25, 0.3) is 0 Å². The first-order chi connectivity index (χ1) is 9.20. The summed E-state index contributed by atoms with van der Waals surface area (Å²) in [5.41, 5.74) is 3.57. The SMILES string of the molecule is CCCCc1ccc(C=Nc2c(C)cccc2C)s1. The van der Waals surface area contributed by atoms with Crippen molar-refractivity contribution in [1.82, 2.24) is 0 Å². The van der Waals surface area contributed by atoms with Crippen LogP contribution >= 0.6 is 11.3 Å². The Morgan fingerprint density at radius 2 is 1.84 bits per heavy atom. The largest absolute Gasteiger partial charge is 0.255 e. The highest BCUT2D eigenvalue weighted by molar-refractivity contribution is 7.13. The topological polar surface area (TPSA) is 12.4 Å². The summed E-state index contributed by atoms with van der Waals surface area (Å²) >= 11 is 1.85. The third-order valence-corrected chi connectivity index (χ3v) is 4.30. The fourth-order valence-electron chi connectivity index (χ4n) is 2.09. The van der Waals surface area contributed by atoms with Gasteiger partial charge >= 0.3 is 0 Å². The lowest BCUT2D eigenvalue weighted by Crippen LogP contribution is -1.81. The van der Waals surface area contributed by atoms with Crippen molar-refractivity contribution in [3.05, 3.63) is 51.2 Å².